The van der Waals surface area contributed by atoms with Gasteiger partial charge in [-0.15, -0.1) is 0 Å². The zero-order chi connectivity index (χ0) is 13.3. The smallest absolute Gasteiger partial charge is 0.213 e. The highest BCUT2D eigenvalue weighted by Crippen LogP contribution is 2.12. The van der Waals surface area contributed by atoms with Crippen molar-refractivity contribution in [3.8, 4) is 5.88 Å². The Morgan fingerprint density at radius 1 is 1.16 bits per heavy atom. The second kappa shape index (κ2) is 7.27. The van der Waals surface area contributed by atoms with Crippen molar-refractivity contribution in [1.82, 2.24) is 15.0 Å². The van der Waals surface area contributed by atoms with Crippen LogP contribution >= 0.6 is 0 Å². The molecule has 0 radical (unpaired) electrons. The van der Waals surface area contributed by atoms with Crippen LogP contribution in [0.2, 0.25) is 0 Å². The number of hydrogen-bond acceptors (Lipinski definition) is 6. The topological polar surface area (TPSA) is 69.2 Å². The van der Waals surface area contributed by atoms with Crippen LogP contribution in [0, 0.1) is 0 Å². The number of pyridine rings is 1. The number of rotatable bonds is 7. The van der Waals surface area contributed by atoms with E-state index < -0.39 is 0 Å². The van der Waals surface area contributed by atoms with Crippen LogP contribution in [0.25, 0.3) is 0 Å². The van der Waals surface area contributed by atoms with E-state index >= 15 is 0 Å². The van der Waals surface area contributed by atoms with Crippen LogP contribution < -0.4 is 10.1 Å². The first-order valence-corrected chi connectivity index (χ1v) is 5.95. The zero-order valence-corrected chi connectivity index (χ0v) is 10.7. The Balaban J connectivity index is 1.81. The molecule has 2 heterocycles. The molecule has 0 aliphatic rings. The van der Waals surface area contributed by atoms with Crippen LogP contribution in [0.4, 0.5) is 5.69 Å². The monoisotopic (exact) mass is 260 g/mol. The summed E-state index contributed by atoms with van der Waals surface area (Å²) in [6, 6.07) is 5.59. The van der Waals surface area contributed by atoms with E-state index in [1.807, 2.05) is 18.2 Å². The molecule has 0 aromatic carbocycles. The van der Waals surface area contributed by atoms with Crippen molar-refractivity contribution in [1.29, 1.82) is 0 Å². The average Bonchev–Trinajstić information content (AvgIpc) is 2.48. The number of ether oxygens (including phenoxy) is 2. The van der Waals surface area contributed by atoms with Gasteiger partial charge in [-0.05, 0) is 12.1 Å². The van der Waals surface area contributed by atoms with E-state index in [1.165, 1.54) is 6.33 Å². The van der Waals surface area contributed by atoms with Crippen LogP contribution in [-0.2, 0) is 11.3 Å². The fourth-order valence-electron chi connectivity index (χ4n) is 1.42. The summed E-state index contributed by atoms with van der Waals surface area (Å²) in [5.41, 5.74) is 1.84. The Kier molecular flexibility index (Phi) is 5.06. The first kappa shape index (κ1) is 13.2. The summed E-state index contributed by atoms with van der Waals surface area (Å²) < 4.78 is 10.3. The molecule has 0 unspecified atom stereocenters. The molecule has 100 valence electrons. The molecular formula is C13H16N4O2. The Bertz CT molecular complexity index is 476. The lowest BCUT2D eigenvalue weighted by atomic mass is 10.3. The Hall–Kier alpha value is -2.21. The van der Waals surface area contributed by atoms with E-state index in [9.17, 15) is 0 Å². The van der Waals surface area contributed by atoms with Gasteiger partial charge in [0.05, 0.1) is 30.7 Å². The van der Waals surface area contributed by atoms with E-state index in [4.69, 9.17) is 9.47 Å². The molecule has 2 aromatic heterocycles. The molecule has 0 bridgehead atoms. The van der Waals surface area contributed by atoms with Crippen molar-refractivity contribution in [2.75, 3.05) is 25.6 Å². The standard InChI is InChI=1S/C13H16N4O2/c1-18-6-7-19-13-3-2-11(9-16-13)15-8-12-4-5-14-10-17-12/h2-5,9-10,15H,6-8H2,1H3. The molecule has 6 nitrogen and oxygen atoms in total. The third kappa shape index (κ3) is 4.51. The van der Waals surface area contributed by atoms with Crippen molar-refractivity contribution in [2.45, 2.75) is 6.54 Å². The molecule has 0 spiro atoms. The summed E-state index contributed by atoms with van der Waals surface area (Å²) >= 11 is 0. The van der Waals surface area contributed by atoms with Gasteiger partial charge in [-0.25, -0.2) is 15.0 Å². The molecule has 0 fully saturated rings. The second-order valence-corrected chi connectivity index (χ2v) is 3.78. The Morgan fingerprint density at radius 2 is 2.11 bits per heavy atom. The summed E-state index contributed by atoms with van der Waals surface area (Å²) in [7, 11) is 1.64. The van der Waals surface area contributed by atoms with Crippen molar-refractivity contribution in [3.63, 3.8) is 0 Å². The molecular weight excluding hydrogens is 244 g/mol. The Labute approximate surface area is 111 Å². The van der Waals surface area contributed by atoms with E-state index in [1.54, 1.807) is 19.5 Å². The van der Waals surface area contributed by atoms with Crippen molar-refractivity contribution in [3.05, 3.63) is 42.6 Å². The van der Waals surface area contributed by atoms with E-state index in [0.29, 0.717) is 25.6 Å². The quantitative estimate of drug-likeness (QED) is 0.761. The zero-order valence-electron chi connectivity index (χ0n) is 10.7. The van der Waals surface area contributed by atoms with Gasteiger partial charge in [-0.3, -0.25) is 0 Å². The fourth-order valence-corrected chi connectivity index (χ4v) is 1.42. The summed E-state index contributed by atoms with van der Waals surface area (Å²) in [5, 5.41) is 3.22. The van der Waals surface area contributed by atoms with E-state index in [2.05, 4.69) is 20.3 Å². The van der Waals surface area contributed by atoms with Gasteiger partial charge in [0.25, 0.3) is 0 Å². The molecule has 0 atom stereocenters. The summed E-state index contributed by atoms with van der Waals surface area (Å²) in [6.07, 6.45) is 4.97. The molecule has 0 amide bonds. The highest BCUT2D eigenvalue weighted by atomic mass is 16.5. The first-order chi connectivity index (χ1) is 9.38. The van der Waals surface area contributed by atoms with Gasteiger partial charge in [0.2, 0.25) is 5.88 Å². The summed E-state index contributed by atoms with van der Waals surface area (Å²) in [6.45, 7) is 1.68. The second-order valence-electron chi connectivity index (χ2n) is 3.78. The number of aromatic nitrogens is 3. The maximum absolute atomic E-state index is 5.38. The number of hydrogen-bond donors (Lipinski definition) is 1. The van der Waals surface area contributed by atoms with E-state index in [0.717, 1.165) is 11.4 Å². The summed E-state index contributed by atoms with van der Waals surface area (Å²) in [5.74, 6) is 0.588. The van der Waals surface area contributed by atoms with Gasteiger partial charge in [0.15, 0.2) is 0 Å². The molecule has 0 aliphatic heterocycles. The molecule has 1 N–H and O–H groups in total. The number of anilines is 1. The molecule has 19 heavy (non-hydrogen) atoms. The van der Waals surface area contributed by atoms with Crippen LogP contribution in [0.15, 0.2) is 36.9 Å². The molecule has 2 rings (SSSR count). The van der Waals surface area contributed by atoms with Crippen LogP contribution in [-0.4, -0.2) is 35.3 Å². The van der Waals surface area contributed by atoms with Gasteiger partial charge in [-0.1, -0.05) is 0 Å². The Morgan fingerprint density at radius 3 is 2.79 bits per heavy atom. The average molecular weight is 260 g/mol. The predicted octanol–water partition coefficient (Wildman–Crippen LogP) is 1.51. The molecule has 0 saturated carbocycles. The lowest BCUT2D eigenvalue weighted by molar-refractivity contribution is 0.144. The van der Waals surface area contributed by atoms with Gasteiger partial charge in [-0.2, -0.15) is 0 Å². The minimum atomic E-state index is 0.497. The maximum Gasteiger partial charge on any atom is 0.213 e. The molecule has 2 aromatic rings. The third-order valence-corrected chi connectivity index (χ3v) is 2.39. The van der Waals surface area contributed by atoms with Gasteiger partial charge in [0.1, 0.15) is 12.9 Å². The van der Waals surface area contributed by atoms with Crippen LogP contribution in [0.5, 0.6) is 5.88 Å². The van der Waals surface area contributed by atoms with Crippen molar-refractivity contribution < 1.29 is 9.47 Å². The van der Waals surface area contributed by atoms with Gasteiger partial charge >= 0.3 is 0 Å². The number of nitrogens with zero attached hydrogens (tertiary/aromatic N) is 3. The highest BCUT2D eigenvalue weighted by molar-refractivity contribution is 5.42. The largest absolute Gasteiger partial charge is 0.475 e. The lowest BCUT2D eigenvalue weighted by Gasteiger charge is -2.07. The first-order valence-electron chi connectivity index (χ1n) is 5.95. The van der Waals surface area contributed by atoms with Gasteiger partial charge < -0.3 is 14.8 Å². The molecule has 6 heteroatoms. The van der Waals surface area contributed by atoms with Gasteiger partial charge in [0, 0.05) is 19.4 Å². The van der Waals surface area contributed by atoms with Crippen LogP contribution in [0.3, 0.4) is 0 Å². The highest BCUT2D eigenvalue weighted by Gasteiger charge is 1.98. The minimum Gasteiger partial charge on any atom is -0.475 e. The SMILES string of the molecule is COCCOc1ccc(NCc2ccncn2)cn1. The maximum atomic E-state index is 5.38. The van der Waals surface area contributed by atoms with Crippen LogP contribution in [0.1, 0.15) is 5.69 Å². The number of methoxy groups -OCH3 is 1. The fraction of sp³-hybridized carbons (Fsp3) is 0.308. The molecule has 0 aliphatic carbocycles. The number of nitrogens with one attached hydrogen (secondary N) is 1. The summed E-state index contributed by atoms with van der Waals surface area (Å²) in [4.78, 5) is 12.2. The minimum absolute atomic E-state index is 0.497. The predicted molar refractivity (Wildman–Crippen MR) is 71.0 cm³/mol. The van der Waals surface area contributed by atoms with Crippen molar-refractivity contribution >= 4 is 5.69 Å². The normalized spacial score (nSPS) is 10.2. The lowest BCUT2D eigenvalue weighted by Crippen LogP contribution is -2.06. The van der Waals surface area contributed by atoms with Crippen molar-refractivity contribution in [2.24, 2.45) is 0 Å². The molecule has 0 saturated heterocycles. The third-order valence-electron chi connectivity index (χ3n) is 2.39. The van der Waals surface area contributed by atoms with E-state index in [-0.39, 0.29) is 0 Å².